The zero-order chi connectivity index (χ0) is 16.3. The fourth-order valence-electron chi connectivity index (χ4n) is 5.00. The van der Waals surface area contributed by atoms with Gasteiger partial charge < -0.3 is 0 Å². The molecule has 1 saturated heterocycles. The van der Waals surface area contributed by atoms with Gasteiger partial charge in [-0.3, -0.25) is 0 Å². The Morgan fingerprint density at radius 2 is 1.43 bits per heavy atom. The number of hydrogen-bond donors (Lipinski definition) is 0. The third-order valence-electron chi connectivity index (χ3n) is 6.11. The van der Waals surface area contributed by atoms with Crippen LogP contribution in [0.5, 0.6) is 0 Å². The van der Waals surface area contributed by atoms with Crippen LogP contribution in [0.3, 0.4) is 0 Å². The van der Waals surface area contributed by atoms with Gasteiger partial charge in [0.15, 0.2) is 0 Å². The molecule has 1 heterocycles. The maximum absolute atomic E-state index is 5.46. The Morgan fingerprint density at radius 1 is 0.957 bits per heavy atom. The standard InChI is InChI=1S/C17H32BN2O2P/c1-21-13-11-19-16-9-5-6-10-17(16)20(12-14-22-2)23(19,18)15-7-3-4-8-15/h3-4,7-8,15-17,23H,5-6,9-14,18H2,1-2H3. The molecule has 3 aliphatic rings. The minimum atomic E-state index is -1.78. The summed E-state index contributed by atoms with van der Waals surface area (Å²) in [6.45, 7) is 3.82. The Labute approximate surface area is 142 Å². The Kier molecular flexibility index (Phi) is 5.98. The molecule has 0 aromatic carbocycles. The first-order chi connectivity index (χ1) is 11.2. The van der Waals surface area contributed by atoms with E-state index < -0.39 is 7.44 Å². The third kappa shape index (κ3) is 3.19. The number of rotatable bonds is 7. The van der Waals surface area contributed by atoms with Crippen LogP contribution < -0.4 is 0 Å². The van der Waals surface area contributed by atoms with E-state index >= 15 is 0 Å². The van der Waals surface area contributed by atoms with E-state index in [1.165, 1.54) is 25.7 Å². The summed E-state index contributed by atoms with van der Waals surface area (Å²) < 4.78 is 16.7. The number of ether oxygens (including phenoxy) is 2. The van der Waals surface area contributed by atoms with Crippen LogP contribution >= 0.6 is 7.44 Å². The Hall–Kier alpha value is -0.185. The van der Waals surface area contributed by atoms with Crippen LogP contribution in [0.15, 0.2) is 24.3 Å². The van der Waals surface area contributed by atoms with E-state index in [0.29, 0.717) is 5.66 Å². The summed E-state index contributed by atoms with van der Waals surface area (Å²) in [5, 5.41) is 0. The average Bonchev–Trinajstić information content (AvgIpc) is 3.18. The van der Waals surface area contributed by atoms with Crippen LogP contribution in [0, 0.1) is 0 Å². The van der Waals surface area contributed by atoms with Gasteiger partial charge in [0.25, 0.3) is 0 Å². The van der Waals surface area contributed by atoms with E-state index in [-0.39, 0.29) is 0 Å². The van der Waals surface area contributed by atoms with E-state index in [1.807, 2.05) is 14.2 Å². The Morgan fingerprint density at radius 3 is 1.87 bits per heavy atom. The first-order valence-electron chi connectivity index (χ1n) is 9.10. The Bertz CT molecular complexity index is 424. The Balaban J connectivity index is 1.92. The molecule has 2 unspecified atom stereocenters. The van der Waals surface area contributed by atoms with Crippen LogP contribution in [-0.4, -0.2) is 75.2 Å². The third-order valence-corrected chi connectivity index (χ3v) is 11.2. The molecule has 0 aromatic rings. The van der Waals surface area contributed by atoms with Gasteiger partial charge in [-0.2, -0.15) is 0 Å². The number of fused-ring (bicyclic) bond motifs is 1. The molecule has 0 bridgehead atoms. The summed E-state index contributed by atoms with van der Waals surface area (Å²) in [7, 11) is 4.44. The van der Waals surface area contributed by atoms with Crippen LogP contribution in [0.4, 0.5) is 0 Å². The normalized spacial score (nSPS) is 32.4. The SMILES string of the molecule is B[PH]1(C2C=CC=C2)N(CCOC)C2CCCCC2N1CCOC. The molecule has 2 aliphatic carbocycles. The fraction of sp³-hybridized carbons (Fsp3) is 0.765. The van der Waals surface area contributed by atoms with Gasteiger partial charge >= 0.3 is 142 Å². The van der Waals surface area contributed by atoms with Crippen molar-refractivity contribution in [1.82, 2.24) is 9.34 Å². The van der Waals surface area contributed by atoms with Crippen molar-refractivity contribution in [2.24, 2.45) is 0 Å². The van der Waals surface area contributed by atoms with Crippen molar-refractivity contribution in [3.63, 3.8) is 0 Å². The molecule has 3 rings (SSSR count). The zero-order valence-corrected chi connectivity index (χ0v) is 15.9. The monoisotopic (exact) mass is 338 g/mol. The van der Waals surface area contributed by atoms with Crippen molar-refractivity contribution in [2.45, 2.75) is 43.4 Å². The summed E-state index contributed by atoms with van der Waals surface area (Å²) in [4.78, 5) is 0. The molecule has 23 heavy (non-hydrogen) atoms. The van der Waals surface area contributed by atoms with E-state index in [0.717, 1.165) is 38.4 Å². The summed E-state index contributed by atoms with van der Waals surface area (Å²) in [6, 6.07) is 1.43. The van der Waals surface area contributed by atoms with Crippen LogP contribution in [0.1, 0.15) is 25.7 Å². The van der Waals surface area contributed by atoms with Crippen molar-refractivity contribution in [1.29, 1.82) is 0 Å². The van der Waals surface area contributed by atoms with E-state index in [4.69, 9.17) is 9.47 Å². The minimum absolute atomic E-state index is 0.585. The zero-order valence-electron chi connectivity index (χ0n) is 14.9. The summed E-state index contributed by atoms with van der Waals surface area (Å²) in [6.07, 6.45) is 14.8. The summed E-state index contributed by atoms with van der Waals surface area (Å²) >= 11 is 0. The van der Waals surface area contributed by atoms with Crippen LogP contribution in [0.25, 0.3) is 0 Å². The second-order valence-corrected chi connectivity index (χ2v) is 11.2. The molecule has 0 spiro atoms. The first kappa shape index (κ1) is 17.6. The molecule has 1 saturated carbocycles. The molecule has 6 heteroatoms. The predicted octanol–water partition coefficient (Wildman–Crippen LogP) is 1.83. The molecule has 130 valence electrons. The molecule has 2 atom stereocenters. The van der Waals surface area contributed by atoms with Crippen molar-refractivity contribution < 1.29 is 9.47 Å². The number of hydrogen-bond acceptors (Lipinski definition) is 4. The van der Waals surface area contributed by atoms with Crippen LogP contribution in [0.2, 0.25) is 0 Å². The summed E-state index contributed by atoms with van der Waals surface area (Å²) in [5.74, 6) is 0. The quantitative estimate of drug-likeness (QED) is 0.522. The maximum atomic E-state index is 5.46. The molecule has 4 nitrogen and oxygen atoms in total. The van der Waals surface area contributed by atoms with Crippen LogP contribution in [-0.2, 0) is 9.47 Å². The van der Waals surface area contributed by atoms with Gasteiger partial charge in [0, 0.05) is 0 Å². The van der Waals surface area contributed by atoms with Gasteiger partial charge in [-0.05, 0) is 0 Å². The molecule has 1 aliphatic heterocycles. The molecule has 0 radical (unpaired) electrons. The summed E-state index contributed by atoms with van der Waals surface area (Å²) in [5.41, 5.74) is 0.585. The first-order valence-corrected chi connectivity index (χ1v) is 11.6. The van der Waals surface area contributed by atoms with Gasteiger partial charge in [-0.1, -0.05) is 0 Å². The molecule has 0 aromatic heterocycles. The number of nitrogens with zero attached hydrogens (tertiary/aromatic N) is 2. The van der Waals surface area contributed by atoms with E-state index in [9.17, 15) is 0 Å². The van der Waals surface area contributed by atoms with Crippen molar-refractivity contribution in [3.05, 3.63) is 24.3 Å². The molecular weight excluding hydrogens is 306 g/mol. The van der Waals surface area contributed by atoms with Gasteiger partial charge in [0.1, 0.15) is 0 Å². The second-order valence-electron chi connectivity index (χ2n) is 7.18. The van der Waals surface area contributed by atoms with Gasteiger partial charge in [0.05, 0.1) is 0 Å². The molecule has 2 fully saturated rings. The van der Waals surface area contributed by atoms with Crippen molar-refractivity contribution >= 4 is 15.0 Å². The van der Waals surface area contributed by atoms with Crippen molar-refractivity contribution in [2.75, 3.05) is 40.5 Å². The topological polar surface area (TPSA) is 24.9 Å². The van der Waals surface area contributed by atoms with Gasteiger partial charge in [-0.15, -0.1) is 0 Å². The molecule has 0 amide bonds. The van der Waals surface area contributed by atoms with E-state index in [2.05, 4.69) is 41.2 Å². The fourth-order valence-corrected chi connectivity index (χ4v) is 10.1. The number of allylic oxidation sites excluding steroid dienone is 4. The number of methoxy groups -OCH3 is 2. The predicted molar refractivity (Wildman–Crippen MR) is 102 cm³/mol. The van der Waals surface area contributed by atoms with Gasteiger partial charge in [-0.25, -0.2) is 0 Å². The van der Waals surface area contributed by atoms with Crippen molar-refractivity contribution in [3.8, 4) is 0 Å². The van der Waals surface area contributed by atoms with E-state index in [1.54, 1.807) is 0 Å². The second kappa shape index (κ2) is 7.80. The van der Waals surface area contributed by atoms with Gasteiger partial charge in [0.2, 0.25) is 0 Å². The molecular formula is C17H32BN2O2P. The average molecular weight is 338 g/mol. The molecule has 0 N–H and O–H groups in total.